The average Bonchev–Trinajstić information content (AvgIpc) is 2.98. The molecule has 2 aromatic heterocycles. The van der Waals surface area contributed by atoms with Crippen molar-refractivity contribution in [2.24, 2.45) is 10.7 Å². The third kappa shape index (κ3) is 3.58. The molecule has 9 heteroatoms. The fraction of sp³-hybridized carbons (Fsp3) is 0.235. The average molecular weight is 357 g/mol. The van der Waals surface area contributed by atoms with Crippen LogP contribution in [0.15, 0.2) is 53.0 Å². The molecule has 0 aliphatic heterocycles. The lowest BCUT2D eigenvalue weighted by Gasteiger charge is -2.15. The van der Waals surface area contributed by atoms with Crippen molar-refractivity contribution in [3.8, 4) is 5.88 Å². The summed E-state index contributed by atoms with van der Waals surface area (Å²) in [5.74, 6) is 0.527. The summed E-state index contributed by atoms with van der Waals surface area (Å²) < 4.78 is 12.4. The number of nitrogens with two attached hydrogens (primary N) is 1. The van der Waals surface area contributed by atoms with Gasteiger partial charge in [-0.3, -0.25) is 5.41 Å². The monoisotopic (exact) mass is 357 g/mol. The summed E-state index contributed by atoms with van der Waals surface area (Å²) in [5, 5.41) is 30.1. The first-order valence-electron chi connectivity index (χ1n) is 7.95. The number of ether oxygens (including phenoxy) is 2. The molecule has 2 aromatic rings. The van der Waals surface area contributed by atoms with E-state index in [-0.39, 0.29) is 43.8 Å². The molecule has 0 spiro atoms. The van der Waals surface area contributed by atoms with E-state index in [0.29, 0.717) is 22.6 Å². The first-order valence-corrected chi connectivity index (χ1v) is 7.95. The Hall–Kier alpha value is -3.17. The largest absolute Gasteiger partial charge is 0.489 e. The number of fused-ring (bicyclic) bond motifs is 1. The van der Waals surface area contributed by atoms with E-state index >= 15 is 0 Å². The topological polar surface area (TPSA) is 138 Å². The van der Waals surface area contributed by atoms with Gasteiger partial charge in [0.1, 0.15) is 19.0 Å². The van der Waals surface area contributed by atoms with Crippen LogP contribution in [0.5, 0.6) is 5.88 Å². The first-order chi connectivity index (χ1) is 12.6. The van der Waals surface area contributed by atoms with Crippen LogP contribution in [0.2, 0.25) is 0 Å². The molecule has 5 N–H and O–H groups in total. The Balaban J connectivity index is 2.06. The Morgan fingerprint density at radius 2 is 1.92 bits per heavy atom. The van der Waals surface area contributed by atoms with E-state index in [9.17, 15) is 0 Å². The summed E-state index contributed by atoms with van der Waals surface area (Å²) in [7, 11) is 0. The molecule has 2 heterocycles. The summed E-state index contributed by atoms with van der Waals surface area (Å²) in [6, 6.07) is 5.50. The number of aliphatic hydroxyl groups is 2. The second-order valence-electron chi connectivity index (χ2n) is 5.35. The number of allylic oxidation sites excluding steroid dienone is 2. The molecule has 0 saturated carbocycles. The number of hydrogen-bond donors (Lipinski definition) is 4. The van der Waals surface area contributed by atoms with Crippen LogP contribution in [0, 0.1) is 5.41 Å². The van der Waals surface area contributed by atoms with Gasteiger partial charge in [-0.25, -0.2) is 9.51 Å². The van der Waals surface area contributed by atoms with E-state index in [1.54, 1.807) is 10.7 Å². The van der Waals surface area contributed by atoms with Crippen LogP contribution in [0.3, 0.4) is 0 Å². The van der Waals surface area contributed by atoms with Crippen LogP contribution in [-0.4, -0.2) is 57.7 Å². The fourth-order valence-electron chi connectivity index (χ4n) is 2.39. The predicted molar refractivity (Wildman–Crippen MR) is 96.0 cm³/mol. The Bertz CT molecular complexity index is 913. The van der Waals surface area contributed by atoms with Gasteiger partial charge in [0, 0.05) is 12.3 Å². The molecule has 0 aromatic carbocycles. The molecule has 26 heavy (non-hydrogen) atoms. The third-order valence-corrected chi connectivity index (χ3v) is 3.52. The predicted octanol–water partition coefficient (Wildman–Crippen LogP) is 0.547. The highest BCUT2D eigenvalue weighted by Gasteiger charge is 2.19. The number of rotatable bonds is 7. The lowest BCUT2D eigenvalue weighted by Crippen LogP contribution is -2.20. The minimum absolute atomic E-state index is 0.0663. The van der Waals surface area contributed by atoms with Crippen molar-refractivity contribution in [1.82, 2.24) is 9.61 Å². The zero-order valence-corrected chi connectivity index (χ0v) is 13.9. The van der Waals surface area contributed by atoms with Crippen LogP contribution >= 0.6 is 0 Å². The van der Waals surface area contributed by atoms with Crippen LogP contribution in [-0.2, 0) is 4.74 Å². The minimum Gasteiger partial charge on any atom is -0.489 e. The van der Waals surface area contributed by atoms with Crippen molar-refractivity contribution in [1.29, 1.82) is 5.41 Å². The molecule has 9 nitrogen and oxygen atoms in total. The van der Waals surface area contributed by atoms with Crippen molar-refractivity contribution < 1.29 is 19.7 Å². The molecule has 3 rings (SSSR count). The van der Waals surface area contributed by atoms with E-state index in [1.807, 2.05) is 18.2 Å². The van der Waals surface area contributed by atoms with Gasteiger partial charge in [-0.1, -0.05) is 6.07 Å². The summed E-state index contributed by atoms with van der Waals surface area (Å²) >= 11 is 0. The van der Waals surface area contributed by atoms with E-state index in [0.717, 1.165) is 0 Å². The second kappa shape index (κ2) is 7.81. The molecular weight excluding hydrogens is 338 g/mol. The summed E-state index contributed by atoms with van der Waals surface area (Å²) in [5.41, 5.74) is 7.95. The number of aliphatic imine (C=N–C) groups is 1. The van der Waals surface area contributed by atoms with Crippen LogP contribution in [0.1, 0.15) is 0 Å². The number of aliphatic hydroxyl groups excluding tert-OH is 2. The van der Waals surface area contributed by atoms with Gasteiger partial charge < -0.3 is 25.4 Å². The molecular formula is C17H19N5O4. The summed E-state index contributed by atoms with van der Waals surface area (Å²) in [4.78, 5) is 4.55. The first kappa shape index (κ1) is 17.6. The van der Waals surface area contributed by atoms with E-state index in [2.05, 4.69) is 10.1 Å². The van der Waals surface area contributed by atoms with Gasteiger partial charge in [-0.05, 0) is 18.2 Å². The van der Waals surface area contributed by atoms with Gasteiger partial charge in [0.2, 0.25) is 0 Å². The number of nitrogens with one attached hydrogen (secondary N) is 1. The SMILES string of the molecule is N=C1C=C(N)/C(=N\c2c(OCCO)nn3ccccc23)C=C1OCCO. The highest BCUT2D eigenvalue weighted by Crippen LogP contribution is 2.32. The molecule has 1 aliphatic rings. The van der Waals surface area contributed by atoms with Crippen molar-refractivity contribution in [2.45, 2.75) is 0 Å². The molecule has 0 unspecified atom stereocenters. The number of aromatic nitrogens is 2. The third-order valence-electron chi connectivity index (χ3n) is 3.52. The normalized spacial score (nSPS) is 15.9. The highest BCUT2D eigenvalue weighted by atomic mass is 16.5. The lowest BCUT2D eigenvalue weighted by atomic mass is 10.1. The lowest BCUT2D eigenvalue weighted by molar-refractivity contribution is 0.156. The molecule has 0 radical (unpaired) electrons. The Morgan fingerprint density at radius 3 is 2.69 bits per heavy atom. The summed E-state index contributed by atoms with van der Waals surface area (Å²) in [6.07, 6.45) is 4.73. The van der Waals surface area contributed by atoms with E-state index in [1.165, 1.54) is 12.2 Å². The highest BCUT2D eigenvalue weighted by molar-refractivity contribution is 6.22. The van der Waals surface area contributed by atoms with Gasteiger partial charge in [0.05, 0.1) is 35.9 Å². The molecule has 0 amide bonds. The smallest absolute Gasteiger partial charge is 0.260 e. The van der Waals surface area contributed by atoms with Gasteiger partial charge in [0.15, 0.2) is 5.69 Å². The number of hydrogen-bond acceptors (Lipinski definition) is 8. The van der Waals surface area contributed by atoms with Gasteiger partial charge in [-0.2, -0.15) is 0 Å². The molecule has 0 bridgehead atoms. The van der Waals surface area contributed by atoms with Crippen LogP contribution in [0.4, 0.5) is 5.69 Å². The van der Waals surface area contributed by atoms with Crippen molar-refractivity contribution >= 4 is 22.6 Å². The summed E-state index contributed by atoms with van der Waals surface area (Å²) in [6.45, 7) is -0.166. The van der Waals surface area contributed by atoms with Gasteiger partial charge >= 0.3 is 0 Å². The number of nitrogens with zero attached hydrogens (tertiary/aromatic N) is 3. The molecule has 1 aliphatic carbocycles. The zero-order valence-electron chi connectivity index (χ0n) is 13.9. The second-order valence-corrected chi connectivity index (χ2v) is 5.35. The van der Waals surface area contributed by atoms with Crippen molar-refractivity contribution in [3.63, 3.8) is 0 Å². The van der Waals surface area contributed by atoms with Crippen LogP contribution < -0.4 is 10.5 Å². The molecule has 0 saturated heterocycles. The fourth-order valence-corrected chi connectivity index (χ4v) is 2.39. The van der Waals surface area contributed by atoms with E-state index in [4.69, 9.17) is 30.8 Å². The molecule has 0 fully saturated rings. The van der Waals surface area contributed by atoms with Crippen molar-refractivity contribution in [2.75, 3.05) is 26.4 Å². The van der Waals surface area contributed by atoms with Gasteiger partial charge in [-0.15, -0.1) is 5.10 Å². The molecule has 0 atom stereocenters. The minimum atomic E-state index is -0.163. The Morgan fingerprint density at radius 1 is 1.15 bits per heavy atom. The van der Waals surface area contributed by atoms with Crippen molar-refractivity contribution in [3.05, 3.63) is 48.0 Å². The Kier molecular flexibility index (Phi) is 5.30. The zero-order chi connectivity index (χ0) is 18.5. The maximum atomic E-state index is 9.01. The molecule has 136 valence electrons. The Labute approximate surface area is 149 Å². The quantitative estimate of drug-likeness (QED) is 0.534. The van der Waals surface area contributed by atoms with Gasteiger partial charge in [0.25, 0.3) is 5.88 Å². The van der Waals surface area contributed by atoms with E-state index < -0.39 is 0 Å². The maximum Gasteiger partial charge on any atom is 0.260 e. The standard InChI is InChI=1S/C17H19N5O4/c18-11-9-12(19)15(25-7-5-23)10-13(11)20-16-14-3-1-2-4-22(14)21-17(16)26-8-6-24/h1-4,9-10,19,23-24H,5-8,18H2/b19-12?,20-13-. The number of pyridine rings is 1. The maximum absolute atomic E-state index is 9.01. The van der Waals surface area contributed by atoms with Crippen LogP contribution in [0.25, 0.3) is 5.52 Å².